The molecule has 1 aliphatic rings. The van der Waals surface area contributed by atoms with Gasteiger partial charge < -0.3 is 0 Å². The lowest BCUT2D eigenvalue weighted by molar-refractivity contribution is 0.849. The minimum Gasteiger partial charge on any atom is -0.0859 e. The summed E-state index contributed by atoms with van der Waals surface area (Å²) in [6.45, 7) is 5.70. The Labute approximate surface area is 59.1 Å². The van der Waals surface area contributed by atoms with Crippen LogP contribution in [0.4, 0.5) is 0 Å². The van der Waals surface area contributed by atoms with Gasteiger partial charge in [0.15, 0.2) is 0 Å². The highest BCUT2D eigenvalue weighted by atomic mass is 14.1. The van der Waals surface area contributed by atoms with Gasteiger partial charge in [-0.25, -0.2) is 0 Å². The van der Waals surface area contributed by atoms with Crippen LogP contribution in [0, 0.1) is 0 Å². The fourth-order valence-corrected chi connectivity index (χ4v) is 1.86. The zero-order chi connectivity index (χ0) is 6.69. The minimum absolute atomic E-state index is 0.993. The molecule has 0 bridgehead atoms. The topological polar surface area (TPSA) is 0 Å². The van der Waals surface area contributed by atoms with E-state index < -0.39 is 0 Å². The van der Waals surface area contributed by atoms with E-state index in [4.69, 9.17) is 0 Å². The maximum absolute atomic E-state index is 2.40. The normalized spacial score (nSPS) is 20.7. The lowest BCUT2D eigenvalue weighted by atomic mass is 9.41. The van der Waals surface area contributed by atoms with Crippen molar-refractivity contribution in [2.24, 2.45) is 0 Å². The molecule has 0 amide bonds. The summed E-state index contributed by atoms with van der Waals surface area (Å²) in [6.07, 6.45) is 7.39. The quantitative estimate of drug-likeness (QED) is 0.496. The predicted molar refractivity (Wildman–Crippen MR) is 44.3 cm³/mol. The maximum Gasteiger partial charge on any atom is 0.139 e. The first-order chi connectivity index (χ1) is 4.34. The van der Waals surface area contributed by atoms with E-state index in [9.17, 15) is 0 Å². The first-order valence-corrected chi connectivity index (χ1v) is 4.34. The Bertz CT molecular complexity index is 74.6. The second-order valence-corrected chi connectivity index (χ2v) is 3.43. The molecule has 1 aliphatic carbocycles. The number of rotatable bonds is 2. The summed E-state index contributed by atoms with van der Waals surface area (Å²) in [7, 11) is 0. The summed E-state index contributed by atoms with van der Waals surface area (Å²) >= 11 is 0. The van der Waals surface area contributed by atoms with E-state index in [1.165, 1.54) is 32.0 Å². The molecule has 0 N–H and O–H groups in total. The molecule has 0 nitrogen and oxygen atoms in total. The van der Waals surface area contributed by atoms with Gasteiger partial charge in [0.1, 0.15) is 6.71 Å². The average molecular weight is 124 g/mol. The first kappa shape index (κ1) is 7.18. The van der Waals surface area contributed by atoms with Crippen molar-refractivity contribution in [2.45, 2.75) is 51.6 Å². The van der Waals surface area contributed by atoms with Gasteiger partial charge in [-0.15, -0.1) is 0 Å². The van der Waals surface area contributed by atoms with Crippen molar-refractivity contribution >= 4 is 6.71 Å². The Hall–Kier alpha value is 0.0649. The van der Waals surface area contributed by atoms with Crippen molar-refractivity contribution in [3.8, 4) is 0 Å². The van der Waals surface area contributed by atoms with Crippen molar-refractivity contribution in [1.82, 2.24) is 0 Å². The van der Waals surface area contributed by atoms with Gasteiger partial charge in [0.25, 0.3) is 0 Å². The lowest BCUT2D eigenvalue weighted by Gasteiger charge is -2.11. The van der Waals surface area contributed by atoms with Crippen LogP contribution in [-0.4, -0.2) is 6.71 Å². The molecule has 1 saturated carbocycles. The maximum atomic E-state index is 2.40. The van der Waals surface area contributed by atoms with Crippen molar-refractivity contribution < 1.29 is 0 Å². The van der Waals surface area contributed by atoms with E-state index in [-0.39, 0.29) is 0 Å². The molecular formula is C8H17B. The predicted octanol–water partition coefficient (Wildman–Crippen LogP) is 3.08. The summed E-state index contributed by atoms with van der Waals surface area (Å²) in [4.78, 5) is 0. The van der Waals surface area contributed by atoms with Gasteiger partial charge >= 0.3 is 0 Å². The third-order valence-electron chi connectivity index (χ3n) is 2.85. The third kappa shape index (κ3) is 1.74. The Morgan fingerprint density at radius 1 is 1.33 bits per heavy atom. The molecule has 0 aliphatic heterocycles. The van der Waals surface area contributed by atoms with E-state index in [0.717, 1.165) is 12.5 Å². The summed E-state index contributed by atoms with van der Waals surface area (Å²) in [5, 5.41) is 0. The Balaban J connectivity index is 2.24. The van der Waals surface area contributed by atoms with E-state index in [2.05, 4.69) is 13.7 Å². The van der Waals surface area contributed by atoms with Crippen LogP contribution in [0.5, 0.6) is 0 Å². The molecule has 0 unspecified atom stereocenters. The molecule has 0 aromatic carbocycles. The highest BCUT2D eigenvalue weighted by molar-refractivity contribution is 6.58. The molecule has 0 atom stereocenters. The van der Waals surface area contributed by atoms with Crippen LogP contribution >= 0.6 is 0 Å². The van der Waals surface area contributed by atoms with Crippen molar-refractivity contribution in [2.75, 3.05) is 0 Å². The van der Waals surface area contributed by atoms with Crippen LogP contribution in [0.3, 0.4) is 0 Å². The molecule has 0 aromatic heterocycles. The van der Waals surface area contributed by atoms with Gasteiger partial charge in [-0.05, 0) is 0 Å². The summed E-state index contributed by atoms with van der Waals surface area (Å²) in [5.74, 6) is 1.08. The van der Waals surface area contributed by atoms with Crippen LogP contribution in [0.1, 0.15) is 32.6 Å². The van der Waals surface area contributed by atoms with Crippen molar-refractivity contribution in [1.29, 1.82) is 0 Å². The van der Waals surface area contributed by atoms with E-state index in [1.54, 1.807) is 0 Å². The second-order valence-electron chi connectivity index (χ2n) is 3.43. The van der Waals surface area contributed by atoms with E-state index in [1.807, 2.05) is 0 Å². The van der Waals surface area contributed by atoms with Crippen LogP contribution in [0.2, 0.25) is 19.0 Å². The molecule has 0 saturated heterocycles. The Morgan fingerprint density at radius 3 is 2.33 bits per heavy atom. The van der Waals surface area contributed by atoms with Gasteiger partial charge in [0.2, 0.25) is 0 Å². The minimum atomic E-state index is 0.993. The van der Waals surface area contributed by atoms with Gasteiger partial charge in [0, 0.05) is 0 Å². The fourth-order valence-electron chi connectivity index (χ4n) is 1.86. The molecular weight excluding hydrogens is 107 g/mol. The largest absolute Gasteiger partial charge is 0.139 e. The SMILES string of the molecule is CCB(C)C1CCCC1. The standard InChI is InChI=1S/C8H17B/c1-3-9(2)8-6-4-5-7-8/h8H,3-7H2,1-2H3. The molecule has 1 heteroatoms. The van der Waals surface area contributed by atoms with Crippen LogP contribution in [0.15, 0.2) is 0 Å². The van der Waals surface area contributed by atoms with Gasteiger partial charge in [0.05, 0.1) is 0 Å². The monoisotopic (exact) mass is 124 g/mol. The molecule has 1 fully saturated rings. The molecule has 9 heavy (non-hydrogen) atoms. The Morgan fingerprint density at radius 2 is 1.89 bits per heavy atom. The Kier molecular flexibility index (Phi) is 2.62. The zero-order valence-electron chi connectivity index (χ0n) is 6.69. The van der Waals surface area contributed by atoms with E-state index >= 15 is 0 Å². The van der Waals surface area contributed by atoms with Gasteiger partial charge in [-0.1, -0.05) is 51.6 Å². The molecule has 0 spiro atoms. The molecule has 0 radical (unpaired) electrons. The summed E-state index contributed by atoms with van der Waals surface area (Å²) in [5.41, 5.74) is 0. The van der Waals surface area contributed by atoms with Crippen LogP contribution < -0.4 is 0 Å². The molecule has 0 heterocycles. The highest BCUT2D eigenvalue weighted by Gasteiger charge is 2.21. The molecule has 0 aromatic rings. The van der Waals surface area contributed by atoms with E-state index in [0.29, 0.717) is 0 Å². The van der Waals surface area contributed by atoms with Gasteiger partial charge in [-0.2, -0.15) is 0 Å². The smallest absolute Gasteiger partial charge is 0.0859 e. The number of hydrogen-bond donors (Lipinski definition) is 0. The highest BCUT2D eigenvalue weighted by Crippen LogP contribution is 2.33. The van der Waals surface area contributed by atoms with Crippen molar-refractivity contribution in [3.05, 3.63) is 0 Å². The van der Waals surface area contributed by atoms with Gasteiger partial charge in [-0.3, -0.25) is 0 Å². The first-order valence-electron chi connectivity index (χ1n) is 4.34. The zero-order valence-corrected chi connectivity index (χ0v) is 6.69. The fraction of sp³-hybridized carbons (Fsp3) is 1.00. The number of hydrogen-bond acceptors (Lipinski definition) is 0. The van der Waals surface area contributed by atoms with Crippen molar-refractivity contribution in [3.63, 3.8) is 0 Å². The van der Waals surface area contributed by atoms with Crippen LogP contribution in [0.25, 0.3) is 0 Å². The second kappa shape index (κ2) is 3.29. The van der Waals surface area contributed by atoms with Crippen LogP contribution in [-0.2, 0) is 0 Å². The molecule has 52 valence electrons. The lowest BCUT2D eigenvalue weighted by Crippen LogP contribution is -2.11. The summed E-state index contributed by atoms with van der Waals surface area (Å²) in [6, 6.07) is 0. The average Bonchev–Trinajstić information content (AvgIpc) is 2.37. The molecule has 1 rings (SSSR count). The summed E-state index contributed by atoms with van der Waals surface area (Å²) < 4.78 is 0. The third-order valence-corrected chi connectivity index (χ3v) is 2.85.